The van der Waals surface area contributed by atoms with Crippen LogP contribution >= 0.6 is 0 Å². The largest absolute Gasteiger partial charge is 0.343 e. The lowest BCUT2D eigenvalue weighted by Gasteiger charge is -2.34. The third kappa shape index (κ3) is 1.84. The van der Waals surface area contributed by atoms with Gasteiger partial charge >= 0.3 is 0 Å². The number of nitrogens with two attached hydrogens (primary N) is 1. The van der Waals surface area contributed by atoms with Crippen molar-refractivity contribution in [1.82, 2.24) is 10.2 Å². The molecule has 5 heteroatoms. The first-order valence-electron chi connectivity index (χ1n) is 5.55. The van der Waals surface area contributed by atoms with Gasteiger partial charge < -0.3 is 16.0 Å². The third-order valence-corrected chi connectivity index (χ3v) is 3.15. The Morgan fingerprint density at radius 3 is 3.00 bits per heavy atom. The summed E-state index contributed by atoms with van der Waals surface area (Å²) in [7, 11) is 0. The summed E-state index contributed by atoms with van der Waals surface area (Å²) >= 11 is 0. The van der Waals surface area contributed by atoms with E-state index < -0.39 is 0 Å². The molecule has 0 saturated carbocycles. The van der Waals surface area contributed by atoms with Gasteiger partial charge in [-0.25, -0.2) is 0 Å². The maximum absolute atomic E-state index is 11.9. The smallest absolute Gasteiger partial charge is 0.245 e. The van der Waals surface area contributed by atoms with Crippen LogP contribution in [0.1, 0.15) is 25.7 Å². The van der Waals surface area contributed by atoms with Crippen LogP contribution in [0.4, 0.5) is 0 Å². The average molecular weight is 211 g/mol. The Bertz CT molecular complexity index is 280. The van der Waals surface area contributed by atoms with Crippen LogP contribution in [-0.4, -0.2) is 41.9 Å². The number of fused-ring (bicyclic) bond motifs is 1. The molecule has 5 nitrogen and oxygen atoms in total. The Morgan fingerprint density at radius 1 is 1.47 bits per heavy atom. The minimum Gasteiger partial charge on any atom is -0.343 e. The molecular formula is C10H17N3O2. The second-order valence-corrected chi connectivity index (χ2v) is 4.18. The predicted octanol–water partition coefficient (Wildman–Crippen LogP) is -0.785. The van der Waals surface area contributed by atoms with E-state index in [0.717, 1.165) is 25.8 Å². The fourth-order valence-electron chi connectivity index (χ4n) is 2.35. The van der Waals surface area contributed by atoms with E-state index in [9.17, 15) is 9.59 Å². The van der Waals surface area contributed by atoms with Gasteiger partial charge in [0.2, 0.25) is 11.8 Å². The molecule has 2 fully saturated rings. The molecular weight excluding hydrogens is 194 g/mol. The van der Waals surface area contributed by atoms with E-state index in [2.05, 4.69) is 5.32 Å². The molecule has 2 atom stereocenters. The van der Waals surface area contributed by atoms with Gasteiger partial charge in [0.1, 0.15) is 12.1 Å². The lowest BCUT2D eigenvalue weighted by Crippen LogP contribution is -2.61. The molecule has 2 heterocycles. The van der Waals surface area contributed by atoms with Gasteiger partial charge in [-0.05, 0) is 32.2 Å². The Balaban J connectivity index is 2.03. The predicted molar refractivity (Wildman–Crippen MR) is 55.0 cm³/mol. The van der Waals surface area contributed by atoms with Gasteiger partial charge in [-0.3, -0.25) is 9.59 Å². The molecule has 2 amide bonds. The molecule has 0 aromatic heterocycles. The van der Waals surface area contributed by atoms with Crippen LogP contribution in [0.2, 0.25) is 0 Å². The summed E-state index contributed by atoms with van der Waals surface area (Å²) in [5, 5.41) is 2.79. The number of hydrogen-bond acceptors (Lipinski definition) is 3. The van der Waals surface area contributed by atoms with Crippen molar-refractivity contribution in [3.05, 3.63) is 0 Å². The van der Waals surface area contributed by atoms with Crippen LogP contribution in [0.3, 0.4) is 0 Å². The van der Waals surface area contributed by atoms with Crippen molar-refractivity contribution in [3.8, 4) is 0 Å². The quantitative estimate of drug-likeness (QED) is 0.642. The second kappa shape index (κ2) is 4.18. The Labute approximate surface area is 89.0 Å². The SMILES string of the molecule is NCCC[C@@H]1NC(=O)[C@@H]2CCCN2C1=O. The highest BCUT2D eigenvalue weighted by molar-refractivity contribution is 5.97. The number of rotatable bonds is 3. The summed E-state index contributed by atoms with van der Waals surface area (Å²) in [6, 6.07) is -0.540. The van der Waals surface area contributed by atoms with Crippen molar-refractivity contribution >= 4 is 11.8 Å². The van der Waals surface area contributed by atoms with Crippen LogP contribution in [0.25, 0.3) is 0 Å². The molecule has 0 aromatic rings. The number of carbonyl (C=O) groups excluding carboxylic acids is 2. The highest BCUT2D eigenvalue weighted by Crippen LogP contribution is 2.22. The van der Waals surface area contributed by atoms with E-state index in [4.69, 9.17) is 5.73 Å². The van der Waals surface area contributed by atoms with Crippen LogP contribution in [0.5, 0.6) is 0 Å². The van der Waals surface area contributed by atoms with Crippen LogP contribution < -0.4 is 11.1 Å². The zero-order valence-electron chi connectivity index (χ0n) is 8.74. The van der Waals surface area contributed by atoms with Gasteiger partial charge in [-0.2, -0.15) is 0 Å². The van der Waals surface area contributed by atoms with E-state index in [1.54, 1.807) is 4.90 Å². The van der Waals surface area contributed by atoms with Crippen molar-refractivity contribution in [2.24, 2.45) is 5.73 Å². The lowest BCUT2D eigenvalue weighted by molar-refractivity contribution is -0.147. The van der Waals surface area contributed by atoms with Crippen molar-refractivity contribution in [2.75, 3.05) is 13.1 Å². The zero-order chi connectivity index (χ0) is 10.8. The Morgan fingerprint density at radius 2 is 2.27 bits per heavy atom. The highest BCUT2D eigenvalue weighted by atomic mass is 16.2. The Hall–Kier alpha value is -1.10. The number of piperazine rings is 1. The second-order valence-electron chi connectivity index (χ2n) is 4.18. The van der Waals surface area contributed by atoms with Crippen molar-refractivity contribution in [1.29, 1.82) is 0 Å². The van der Waals surface area contributed by atoms with E-state index >= 15 is 0 Å². The molecule has 3 N–H and O–H groups in total. The fourth-order valence-corrected chi connectivity index (χ4v) is 2.35. The average Bonchev–Trinajstić information content (AvgIpc) is 2.70. The molecule has 2 rings (SSSR count). The molecule has 2 saturated heterocycles. The summed E-state index contributed by atoms with van der Waals surface area (Å²) in [6.07, 6.45) is 3.17. The van der Waals surface area contributed by atoms with Gasteiger partial charge in [0.25, 0.3) is 0 Å². The number of amides is 2. The first-order chi connectivity index (χ1) is 7.24. The normalized spacial score (nSPS) is 30.3. The summed E-state index contributed by atoms with van der Waals surface area (Å²) in [5.74, 6) is 0.0830. The standard InChI is InChI=1S/C10H17N3O2/c11-5-1-3-7-10(15)13-6-2-4-8(13)9(14)12-7/h7-8H,1-6,11H2,(H,12,14)/t7-,8-/m0/s1. The first-order valence-corrected chi connectivity index (χ1v) is 5.55. The minimum atomic E-state index is -0.338. The molecule has 2 aliphatic rings. The first kappa shape index (κ1) is 10.4. The highest BCUT2D eigenvalue weighted by Gasteiger charge is 2.42. The molecule has 0 unspecified atom stereocenters. The number of nitrogens with one attached hydrogen (secondary N) is 1. The topological polar surface area (TPSA) is 75.4 Å². The summed E-state index contributed by atoms with van der Waals surface area (Å²) in [4.78, 5) is 25.3. The van der Waals surface area contributed by atoms with Crippen molar-refractivity contribution in [3.63, 3.8) is 0 Å². The van der Waals surface area contributed by atoms with Gasteiger partial charge in [0.15, 0.2) is 0 Å². The maximum Gasteiger partial charge on any atom is 0.245 e. The number of nitrogens with zero attached hydrogens (tertiary/aromatic N) is 1. The van der Waals surface area contributed by atoms with Gasteiger partial charge in [0.05, 0.1) is 0 Å². The molecule has 2 aliphatic heterocycles. The fraction of sp³-hybridized carbons (Fsp3) is 0.800. The lowest BCUT2D eigenvalue weighted by atomic mass is 10.0. The number of carbonyl (C=O) groups is 2. The van der Waals surface area contributed by atoms with Crippen LogP contribution in [0, 0.1) is 0 Å². The van der Waals surface area contributed by atoms with Crippen LogP contribution in [0.15, 0.2) is 0 Å². The van der Waals surface area contributed by atoms with E-state index in [0.29, 0.717) is 13.0 Å². The molecule has 0 aromatic carbocycles. The zero-order valence-corrected chi connectivity index (χ0v) is 8.74. The van der Waals surface area contributed by atoms with E-state index in [1.165, 1.54) is 0 Å². The summed E-state index contributed by atoms with van der Waals surface area (Å²) in [6.45, 7) is 1.29. The third-order valence-electron chi connectivity index (χ3n) is 3.15. The summed E-state index contributed by atoms with van der Waals surface area (Å²) < 4.78 is 0. The van der Waals surface area contributed by atoms with Crippen LogP contribution in [-0.2, 0) is 9.59 Å². The van der Waals surface area contributed by atoms with E-state index in [1.807, 2.05) is 0 Å². The summed E-state index contributed by atoms with van der Waals surface area (Å²) in [5.41, 5.74) is 5.39. The van der Waals surface area contributed by atoms with Gasteiger partial charge in [-0.1, -0.05) is 0 Å². The minimum absolute atomic E-state index is 0.00845. The Kier molecular flexibility index (Phi) is 2.90. The monoisotopic (exact) mass is 211 g/mol. The molecule has 0 bridgehead atoms. The molecule has 0 aliphatic carbocycles. The van der Waals surface area contributed by atoms with Crippen molar-refractivity contribution < 1.29 is 9.59 Å². The number of hydrogen-bond donors (Lipinski definition) is 2. The molecule has 84 valence electrons. The maximum atomic E-state index is 11.9. The van der Waals surface area contributed by atoms with Gasteiger partial charge in [0, 0.05) is 6.54 Å². The van der Waals surface area contributed by atoms with Crippen molar-refractivity contribution in [2.45, 2.75) is 37.8 Å². The molecule has 0 spiro atoms. The van der Waals surface area contributed by atoms with E-state index in [-0.39, 0.29) is 23.9 Å². The molecule has 0 radical (unpaired) electrons. The van der Waals surface area contributed by atoms with Gasteiger partial charge in [-0.15, -0.1) is 0 Å². The molecule has 15 heavy (non-hydrogen) atoms.